The Morgan fingerprint density at radius 3 is 2.22 bits per heavy atom. The van der Waals surface area contributed by atoms with Crippen molar-refractivity contribution in [2.24, 2.45) is 5.10 Å². The van der Waals surface area contributed by atoms with Crippen LogP contribution in [0.1, 0.15) is 57.9 Å². The van der Waals surface area contributed by atoms with Gasteiger partial charge in [-0.05, 0) is 56.1 Å². The van der Waals surface area contributed by atoms with E-state index in [0.29, 0.717) is 35.1 Å². The number of hydrogen-bond acceptors (Lipinski definition) is 8. The summed E-state index contributed by atoms with van der Waals surface area (Å²) >= 11 is 1.43. The van der Waals surface area contributed by atoms with Crippen LogP contribution in [0.4, 0.5) is 5.69 Å². The number of anilines is 1. The van der Waals surface area contributed by atoms with E-state index in [1.807, 2.05) is 138 Å². The molecular formula is C45H43N5O3S. The van der Waals surface area contributed by atoms with E-state index in [1.54, 1.807) is 0 Å². The number of hydrazone groups is 1. The Hall–Kier alpha value is -5.61. The van der Waals surface area contributed by atoms with Crippen LogP contribution in [0, 0.1) is 0 Å². The Morgan fingerprint density at radius 1 is 0.796 bits per heavy atom. The van der Waals surface area contributed by atoms with Gasteiger partial charge >= 0.3 is 0 Å². The third-order valence-corrected chi connectivity index (χ3v) is 10.9. The molecule has 0 bridgehead atoms. The molecule has 1 N–H and O–H groups in total. The first-order valence-electron chi connectivity index (χ1n) is 18.7. The van der Waals surface area contributed by atoms with Crippen LogP contribution in [-0.4, -0.2) is 52.2 Å². The summed E-state index contributed by atoms with van der Waals surface area (Å²) < 4.78 is 15.4. The average Bonchev–Trinajstić information content (AvgIpc) is 3.79. The van der Waals surface area contributed by atoms with Gasteiger partial charge in [-0.15, -0.1) is 11.3 Å². The molecule has 1 saturated heterocycles. The van der Waals surface area contributed by atoms with Crippen LogP contribution in [0.25, 0.3) is 21.1 Å². The van der Waals surface area contributed by atoms with Crippen molar-refractivity contribution in [3.8, 4) is 5.75 Å². The van der Waals surface area contributed by atoms with Gasteiger partial charge in [0.15, 0.2) is 5.82 Å². The molecule has 3 heterocycles. The van der Waals surface area contributed by atoms with Gasteiger partial charge in [0.25, 0.3) is 0 Å². The topological polar surface area (TPSA) is 81.0 Å². The van der Waals surface area contributed by atoms with Crippen molar-refractivity contribution in [1.29, 1.82) is 0 Å². The lowest BCUT2D eigenvalue weighted by molar-refractivity contribution is 0.0635. The molecule has 0 atom stereocenters. The lowest BCUT2D eigenvalue weighted by Gasteiger charge is -2.26. The van der Waals surface area contributed by atoms with E-state index in [2.05, 4.69) is 10.3 Å². The Morgan fingerprint density at radius 2 is 1.48 bits per heavy atom. The Bertz CT molecular complexity index is 2310. The molecule has 272 valence electrons. The number of ether oxygens (including phenoxy) is 2. The molecule has 0 saturated carbocycles. The van der Waals surface area contributed by atoms with Gasteiger partial charge in [-0.1, -0.05) is 116 Å². The number of hydrogen-bond donors (Lipinski definition) is 1. The van der Waals surface area contributed by atoms with Crippen LogP contribution >= 0.6 is 11.3 Å². The summed E-state index contributed by atoms with van der Waals surface area (Å²) in [5.74, 6) is 0.834. The standard InChI is InChI=1S/C45H43N5O3S/c51-43(44-42(37-22-11-12-23-40(37)54-44)48-47-41(34-18-7-2-8-19-34)35-20-9-3-10-21-35)45-46-38-25-24-36(53-29-15-28-49-26-13-4-14-27-49)30-39(38)50(45)32-52-31-33-16-5-1-6-17-33/h1-3,5-12,16-25,30,48H,4,13-15,26-29,31-32H2. The van der Waals surface area contributed by atoms with E-state index in [0.717, 1.165) is 56.7 Å². The molecule has 5 aromatic carbocycles. The molecule has 0 unspecified atom stereocenters. The van der Waals surface area contributed by atoms with E-state index in [1.165, 1.54) is 43.7 Å². The lowest BCUT2D eigenvalue weighted by Crippen LogP contribution is -2.31. The summed E-state index contributed by atoms with van der Waals surface area (Å²) in [5.41, 5.74) is 9.23. The van der Waals surface area contributed by atoms with E-state index < -0.39 is 0 Å². The molecule has 1 aliphatic rings. The number of carbonyl (C=O) groups is 1. The number of rotatable bonds is 15. The first kappa shape index (κ1) is 35.4. The molecule has 1 fully saturated rings. The van der Waals surface area contributed by atoms with E-state index in [9.17, 15) is 4.79 Å². The molecule has 9 heteroatoms. The van der Waals surface area contributed by atoms with Crippen molar-refractivity contribution in [2.75, 3.05) is 31.7 Å². The third kappa shape index (κ3) is 8.14. The highest BCUT2D eigenvalue weighted by atomic mass is 32.1. The highest BCUT2D eigenvalue weighted by molar-refractivity contribution is 7.21. The number of fused-ring (bicyclic) bond motifs is 2. The lowest BCUT2D eigenvalue weighted by atomic mass is 10.0. The summed E-state index contributed by atoms with van der Waals surface area (Å²) in [4.78, 5) is 22.8. The van der Waals surface area contributed by atoms with Gasteiger partial charge in [-0.25, -0.2) is 4.98 Å². The second-order valence-electron chi connectivity index (χ2n) is 13.5. The number of carbonyl (C=O) groups excluding carboxylic acids is 1. The molecule has 0 amide bonds. The predicted molar refractivity (Wildman–Crippen MR) is 219 cm³/mol. The van der Waals surface area contributed by atoms with Crippen molar-refractivity contribution >= 4 is 49.6 Å². The monoisotopic (exact) mass is 733 g/mol. The quantitative estimate of drug-likeness (QED) is 0.0489. The second kappa shape index (κ2) is 17.0. The molecule has 7 aromatic rings. The number of thiophene rings is 1. The van der Waals surface area contributed by atoms with E-state index in [-0.39, 0.29) is 12.5 Å². The molecular weight excluding hydrogens is 691 g/mol. The summed E-state index contributed by atoms with van der Waals surface area (Å²) in [6.45, 7) is 4.55. The van der Waals surface area contributed by atoms with Crippen molar-refractivity contribution in [3.05, 3.63) is 161 Å². The molecule has 0 radical (unpaired) electrons. The van der Waals surface area contributed by atoms with Crippen molar-refractivity contribution < 1.29 is 14.3 Å². The van der Waals surface area contributed by atoms with Crippen LogP contribution < -0.4 is 10.2 Å². The molecule has 0 spiro atoms. The number of benzene rings is 5. The van der Waals surface area contributed by atoms with Gasteiger partial charge in [0.1, 0.15) is 17.4 Å². The maximum absolute atomic E-state index is 14.8. The maximum atomic E-state index is 14.8. The molecule has 1 aliphatic heterocycles. The molecule has 2 aromatic heterocycles. The van der Waals surface area contributed by atoms with Gasteiger partial charge < -0.3 is 14.4 Å². The summed E-state index contributed by atoms with van der Waals surface area (Å²) in [6.07, 6.45) is 4.85. The van der Waals surface area contributed by atoms with Gasteiger partial charge in [-0.3, -0.25) is 14.8 Å². The van der Waals surface area contributed by atoms with Gasteiger partial charge in [0, 0.05) is 33.8 Å². The van der Waals surface area contributed by atoms with Crippen LogP contribution in [0.3, 0.4) is 0 Å². The van der Waals surface area contributed by atoms with Crippen molar-refractivity contribution in [1.82, 2.24) is 14.5 Å². The van der Waals surface area contributed by atoms with Gasteiger partial charge in [0.2, 0.25) is 5.78 Å². The van der Waals surface area contributed by atoms with Crippen LogP contribution in [0.5, 0.6) is 5.75 Å². The van der Waals surface area contributed by atoms with E-state index in [4.69, 9.17) is 19.6 Å². The van der Waals surface area contributed by atoms with Crippen LogP contribution in [0.2, 0.25) is 0 Å². The summed E-state index contributed by atoms with van der Waals surface area (Å²) in [7, 11) is 0. The normalized spacial score (nSPS) is 13.3. The smallest absolute Gasteiger partial charge is 0.240 e. The zero-order chi connectivity index (χ0) is 36.5. The minimum atomic E-state index is -0.210. The largest absolute Gasteiger partial charge is 0.493 e. The summed E-state index contributed by atoms with van der Waals surface area (Å²) in [5, 5.41) is 5.88. The number of nitrogens with one attached hydrogen (secondary N) is 1. The highest BCUT2D eigenvalue weighted by Crippen LogP contribution is 2.38. The fourth-order valence-electron chi connectivity index (χ4n) is 7.00. The average molecular weight is 734 g/mol. The number of piperidine rings is 1. The first-order valence-corrected chi connectivity index (χ1v) is 19.5. The molecule has 54 heavy (non-hydrogen) atoms. The van der Waals surface area contributed by atoms with Crippen molar-refractivity contribution in [2.45, 2.75) is 39.0 Å². The maximum Gasteiger partial charge on any atom is 0.240 e. The SMILES string of the molecule is O=C(c1sc2ccccc2c1NN=C(c1ccccc1)c1ccccc1)c1nc2ccc(OCCCN3CCCCC3)cc2n1COCc1ccccc1. The van der Waals surface area contributed by atoms with Crippen LogP contribution in [0.15, 0.2) is 139 Å². The fraction of sp³-hybridized carbons (Fsp3) is 0.222. The first-order chi connectivity index (χ1) is 26.7. The highest BCUT2D eigenvalue weighted by Gasteiger charge is 2.26. The molecule has 8 nitrogen and oxygen atoms in total. The second-order valence-corrected chi connectivity index (χ2v) is 14.6. The molecule has 0 aliphatic carbocycles. The zero-order valence-electron chi connectivity index (χ0n) is 30.2. The number of imidazole rings is 1. The minimum Gasteiger partial charge on any atom is -0.493 e. The number of nitrogens with zero attached hydrogens (tertiary/aromatic N) is 4. The number of aromatic nitrogens is 2. The third-order valence-electron chi connectivity index (χ3n) is 9.77. The van der Waals surface area contributed by atoms with Gasteiger partial charge in [0.05, 0.1) is 35.6 Å². The minimum absolute atomic E-state index is 0.142. The Balaban J connectivity index is 1.13. The predicted octanol–water partition coefficient (Wildman–Crippen LogP) is 9.78. The fourth-order valence-corrected chi connectivity index (χ4v) is 8.09. The molecule has 8 rings (SSSR count). The van der Waals surface area contributed by atoms with Crippen LogP contribution in [-0.2, 0) is 18.1 Å². The zero-order valence-corrected chi connectivity index (χ0v) is 31.0. The summed E-state index contributed by atoms with van der Waals surface area (Å²) in [6, 6.07) is 44.0. The Labute approximate surface area is 319 Å². The van der Waals surface area contributed by atoms with Crippen molar-refractivity contribution in [3.63, 3.8) is 0 Å². The van der Waals surface area contributed by atoms with E-state index >= 15 is 0 Å². The Kier molecular flexibility index (Phi) is 11.2. The number of likely N-dealkylation sites (tertiary alicyclic amines) is 1. The van der Waals surface area contributed by atoms with Gasteiger partial charge in [-0.2, -0.15) is 5.10 Å². The number of ketones is 1.